The molecule has 23 heavy (non-hydrogen) atoms. The minimum Gasteiger partial charge on any atom is -0.322 e. The van der Waals surface area contributed by atoms with Gasteiger partial charge in [-0.2, -0.15) is 5.10 Å². The minimum absolute atomic E-state index is 0.257. The number of rotatable bonds is 3. The lowest BCUT2D eigenvalue weighted by atomic mass is 10.2. The van der Waals surface area contributed by atoms with Crippen LogP contribution in [-0.2, 0) is 7.05 Å². The number of hydrogen-bond donors (Lipinski definition) is 1. The van der Waals surface area contributed by atoms with E-state index in [1.54, 1.807) is 49.1 Å². The second kappa shape index (κ2) is 5.89. The van der Waals surface area contributed by atoms with Crippen LogP contribution in [0, 0.1) is 12.7 Å². The molecule has 7 heteroatoms. The first-order valence-electron chi connectivity index (χ1n) is 6.90. The molecule has 0 unspecified atom stereocenters. The van der Waals surface area contributed by atoms with E-state index < -0.39 is 0 Å². The number of amides is 1. The van der Waals surface area contributed by atoms with Gasteiger partial charge in [-0.05, 0) is 37.3 Å². The van der Waals surface area contributed by atoms with Crippen molar-refractivity contribution in [3.8, 4) is 5.69 Å². The van der Waals surface area contributed by atoms with E-state index >= 15 is 0 Å². The third-order valence-corrected chi connectivity index (χ3v) is 3.90. The Morgan fingerprint density at radius 1 is 1.30 bits per heavy atom. The van der Waals surface area contributed by atoms with Crippen LogP contribution in [0.25, 0.3) is 5.69 Å². The average molecular weight is 333 g/mol. The Balaban J connectivity index is 1.91. The van der Waals surface area contributed by atoms with Crippen LogP contribution < -0.4 is 5.32 Å². The van der Waals surface area contributed by atoms with Crippen molar-refractivity contribution in [3.63, 3.8) is 0 Å². The highest BCUT2D eigenvalue weighted by Crippen LogP contribution is 2.23. The lowest BCUT2D eigenvalue weighted by molar-refractivity contribution is 0.102. The van der Waals surface area contributed by atoms with E-state index in [0.29, 0.717) is 22.6 Å². The van der Waals surface area contributed by atoms with Crippen LogP contribution in [0.4, 0.5) is 10.1 Å². The second-order valence-electron chi connectivity index (χ2n) is 5.09. The summed E-state index contributed by atoms with van der Waals surface area (Å²) in [5.41, 5.74) is 1.66. The summed E-state index contributed by atoms with van der Waals surface area (Å²) in [7, 11) is 1.66. The molecule has 0 aliphatic heterocycles. The molecule has 3 rings (SSSR count). The van der Waals surface area contributed by atoms with Crippen molar-refractivity contribution in [2.45, 2.75) is 6.92 Å². The van der Waals surface area contributed by atoms with Crippen molar-refractivity contribution < 1.29 is 9.18 Å². The largest absolute Gasteiger partial charge is 0.322 e. The Morgan fingerprint density at radius 3 is 2.61 bits per heavy atom. The first-order valence-corrected chi connectivity index (χ1v) is 7.28. The third-order valence-electron chi connectivity index (χ3n) is 3.47. The highest BCUT2D eigenvalue weighted by atomic mass is 35.5. The molecule has 3 aromatic rings. The van der Waals surface area contributed by atoms with E-state index in [0.717, 1.165) is 0 Å². The predicted molar refractivity (Wildman–Crippen MR) is 86.6 cm³/mol. The number of aryl methyl sites for hydroxylation is 2. The molecule has 0 saturated carbocycles. The Hall–Kier alpha value is -2.60. The maximum absolute atomic E-state index is 14.0. The molecular formula is C16H14ClFN4O. The van der Waals surface area contributed by atoms with Gasteiger partial charge in [0.2, 0.25) is 0 Å². The van der Waals surface area contributed by atoms with Crippen LogP contribution in [0.2, 0.25) is 5.15 Å². The molecule has 0 radical (unpaired) electrons. The molecule has 0 fully saturated rings. The molecule has 5 nitrogen and oxygen atoms in total. The molecule has 0 spiro atoms. The predicted octanol–water partition coefficient (Wildman–Crippen LogP) is 3.56. The Bertz CT molecular complexity index is 871. The summed E-state index contributed by atoms with van der Waals surface area (Å²) >= 11 is 6.09. The molecular weight excluding hydrogens is 319 g/mol. The molecule has 1 amide bonds. The number of hydrogen-bond acceptors (Lipinski definition) is 2. The van der Waals surface area contributed by atoms with Gasteiger partial charge in [-0.3, -0.25) is 9.48 Å². The molecule has 0 aliphatic carbocycles. The fraction of sp³-hybridized carbons (Fsp3) is 0.125. The molecule has 1 aromatic carbocycles. The van der Waals surface area contributed by atoms with Gasteiger partial charge in [-0.1, -0.05) is 11.6 Å². The van der Waals surface area contributed by atoms with Gasteiger partial charge in [0.05, 0.1) is 16.9 Å². The van der Waals surface area contributed by atoms with Gasteiger partial charge in [0.15, 0.2) is 0 Å². The molecule has 0 saturated heterocycles. The van der Waals surface area contributed by atoms with Crippen molar-refractivity contribution in [3.05, 3.63) is 65.0 Å². The zero-order chi connectivity index (χ0) is 16.6. The molecule has 0 atom stereocenters. The molecule has 1 N–H and O–H groups in total. The van der Waals surface area contributed by atoms with E-state index in [-0.39, 0.29) is 16.9 Å². The van der Waals surface area contributed by atoms with Crippen LogP contribution in [0.3, 0.4) is 0 Å². The Kier molecular flexibility index (Phi) is 3.92. The lowest BCUT2D eigenvalue weighted by Crippen LogP contribution is -2.13. The average Bonchev–Trinajstić information content (AvgIpc) is 3.10. The van der Waals surface area contributed by atoms with Crippen molar-refractivity contribution in [1.82, 2.24) is 14.3 Å². The van der Waals surface area contributed by atoms with E-state index in [9.17, 15) is 9.18 Å². The number of aromatic nitrogens is 3. The summed E-state index contributed by atoms with van der Waals surface area (Å²) in [5.74, 6) is -0.763. The van der Waals surface area contributed by atoms with Crippen molar-refractivity contribution in [2.75, 3.05) is 5.32 Å². The van der Waals surface area contributed by atoms with E-state index in [1.165, 1.54) is 16.8 Å². The van der Waals surface area contributed by atoms with Crippen LogP contribution in [0.1, 0.15) is 16.1 Å². The zero-order valence-corrected chi connectivity index (χ0v) is 13.3. The zero-order valence-electron chi connectivity index (χ0n) is 12.5. The number of halogens is 2. The topological polar surface area (TPSA) is 51.9 Å². The number of anilines is 1. The van der Waals surface area contributed by atoms with Gasteiger partial charge in [0, 0.05) is 25.1 Å². The standard InChI is InChI=1S/C16H14ClFN4O/c1-10-14(15(17)21(2)20-10)16(23)19-11-5-6-12(18)13(9-11)22-7-3-4-8-22/h3-9H,1-2H3,(H,19,23). The minimum atomic E-state index is -0.384. The monoisotopic (exact) mass is 332 g/mol. The highest BCUT2D eigenvalue weighted by Gasteiger charge is 2.19. The van der Waals surface area contributed by atoms with Gasteiger partial charge in [0.1, 0.15) is 11.0 Å². The SMILES string of the molecule is Cc1nn(C)c(Cl)c1C(=O)Nc1ccc(F)c(-n2cccc2)c1. The first-order chi connectivity index (χ1) is 11.0. The van der Waals surface area contributed by atoms with Crippen LogP contribution in [0.5, 0.6) is 0 Å². The Labute approximate surface area is 137 Å². The number of nitrogens with zero attached hydrogens (tertiary/aromatic N) is 3. The fourth-order valence-corrected chi connectivity index (χ4v) is 2.63. The number of benzene rings is 1. The maximum atomic E-state index is 14.0. The van der Waals surface area contributed by atoms with Crippen LogP contribution in [-0.4, -0.2) is 20.3 Å². The lowest BCUT2D eigenvalue weighted by Gasteiger charge is -2.09. The Morgan fingerprint density at radius 2 is 2.00 bits per heavy atom. The molecule has 118 valence electrons. The van der Waals surface area contributed by atoms with Crippen LogP contribution in [0.15, 0.2) is 42.7 Å². The number of nitrogens with one attached hydrogen (secondary N) is 1. The maximum Gasteiger partial charge on any atom is 0.260 e. The van der Waals surface area contributed by atoms with Crippen molar-refractivity contribution in [1.29, 1.82) is 0 Å². The third kappa shape index (κ3) is 2.85. The highest BCUT2D eigenvalue weighted by molar-refractivity contribution is 6.33. The van der Waals surface area contributed by atoms with Gasteiger partial charge >= 0.3 is 0 Å². The van der Waals surface area contributed by atoms with Crippen LogP contribution >= 0.6 is 11.6 Å². The smallest absolute Gasteiger partial charge is 0.260 e. The molecule has 2 aromatic heterocycles. The van der Waals surface area contributed by atoms with Crippen molar-refractivity contribution >= 4 is 23.2 Å². The number of carbonyl (C=O) groups is 1. The van der Waals surface area contributed by atoms with Gasteiger partial charge in [-0.25, -0.2) is 4.39 Å². The first kappa shape index (κ1) is 15.3. The van der Waals surface area contributed by atoms with E-state index in [1.807, 2.05) is 0 Å². The van der Waals surface area contributed by atoms with Gasteiger partial charge in [0.25, 0.3) is 5.91 Å². The van der Waals surface area contributed by atoms with Crippen molar-refractivity contribution in [2.24, 2.45) is 7.05 Å². The van der Waals surface area contributed by atoms with E-state index in [4.69, 9.17) is 11.6 Å². The van der Waals surface area contributed by atoms with Gasteiger partial charge in [-0.15, -0.1) is 0 Å². The summed E-state index contributed by atoms with van der Waals surface area (Å²) < 4.78 is 17.0. The normalized spacial score (nSPS) is 10.8. The summed E-state index contributed by atoms with van der Waals surface area (Å²) in [6.45, 7) is 1.71. The molecule has 0 aliphatic rings. The summed E-state index contributed by atoms with van der Waals surface area (Å²) in [5, 5.41) is 7.09. The fourth-order valence-electron chi connectivity index (χ4n) is 2.36. The quantitative estimate of drug-likeness (QED) is 0.797. The molecule has 2 heterocycles. The summed E-state index contributed by atoms with van der Waals surface area (Å²) in [6.07, 6.45) is 3.46. The molecule has 0 bridgehead atoms. The van der Waals surface area contributed by atoms with Gasteiger partial charge < -0.3 is 9.88 Å². The summed E-state index contributed by atoms with van der Waals surface area (Å²) in [4.78, 5) is 12.4. The van der Waals surface area contributed by atoms with E-state index in [2.05, 4.69) is 10.4 Å². The summed E-state index contributed by atoms with van der Waals surface area (Å²) in [6, 6.07) is 7.96. The second-order valence-corrected chi connectivity index (χ2v) is 5.44. The number of carbonyl (C=O) groups excluding carboxylic acids is 1.